The van der Waals surface area contributed by atoms with Crippen molar-refractivity contribution in [1.29, 1.82) is 0 Å². The molecule has 2 aliphatic heterocycles. The summed E-state index contributed by atoms with van der Waals surface area (Å²) < 4.78 is 2.95. The van der Waals surface area contributed by atoms with Gasteiger partial charge in [0, 0.05) is 67.1 Å². The van der Waals surface area contributed by atoms with Gasteiger partial charge in [-0.1, -0.05) is 30.3 Å². The summed E-state index contributed by atoms with van der Waals surface area (Å²) in [7, 11) is 0. The van der Waals surface area contributed by atoms with Gasteiger partial charge in [0.25, 0.3) is 11.5 Å². The number of hydrogen-bond donors (Lipinski definition) is 3. The Hall–Kier alpha value is -4.78. The number of aliphatic imine (C=N–C) groups is 1. The quantitative estimate of drug-likeness (QED) is 0.0984. The largest absolute Gasteiger partial charge is 0.388 e. The van der Waals surface area contributed by atoms with Crippen molar-refractivity contribution in [1.82, 2.24) is 19.8 Å². The maximum absolute atomic E-state index is 13.9. The Balaban J connectivity index is 1.05. The van der Waals surface area contributed by atoms with Crippen LogP contribution in [-0.4, -0.2) is 81.2 Å². The number of carbonyl (C=O) groups is 3. The topological polar surface area (TPSA) is 149 Å². The van der Waals surface area contributed by atoms with E-state index in [9.17, 15) is 24.3 Å². The fourth-order valence-electron chi connectivity index (χ4n) is 6.68. The van der Waals surface area contributed by atoms with E-state index in [-0.39, 0.29) is 48.0 Å². The first-order valence-electron chi connectivity index (χ1n) is 17.4. The first-order chi connectivity index (χ1) is 25.1. The van der Waals surface area contributed by atoms with Gasteiger partial charge in [0.1, 0.15) is 0 Å². The summed E-state index contributed by atoms with van der Waals surface area (Å²) in [4.78, 5) is 62.7. The molecule has 3 amide bonds. The molecule has 1 unspecified atom stereocenters. The highest BCUT2D eigenvalue weighted by Gasteiger charge is 2.36. The lowest BCUT2D eigenvalue weighted by atomic mass is 9.88. The Labute approximate surface area is 311 Å². The number of amides is 3. The van der Waals surface area contributed by atoms with Crippen molar-refractivity contribution in [3.05, 3.63) is 94.5 Å². The van der Waals surface area contributed by atoms with Gasteiger partial charge in [-0.05, 0) is 74.1 Å². The normalized spacial score (nSPS) is 15.6. The number of carbonyl (C=O) groups excluding carboxylic acids is 3. The van der Waals surface area contributed by atoms with Gasteiger partial charge in [-0.15, -0.1) is 11.6 Å². The molecule has 3 N–H and O–H groups in total. The molecule has 0 saturated carbocycles. The van der Waals surface area contributed by atoms with Crippen LogP contribution in [-0.2, 0) is 22.6 Å². The Morgan fingerprint density at radius 1 is 1.02 bits per heavy atom. The van der Waals surface area contributed by atoms with Crippen LogP contribution >= 0.6 is 23.4 Å². The number of nitrogens with one attached hydrogen (secondary N) is 2. The molecule has 0 radical (unpaired) electrons. The van der Waals surface area contributed by atoms with Crippen LogP contribution in [0.4, 0.5) is 17.1 Å². The number of hydrogen-bond acceptors (Lipinski definition) is 8. The SMILES string of the molecule is O=C(CCCl)Nc1ccc2c(=O)n(CC3(O)CCN(C(=O)C(CCCNC(=O)c4ccc5c(c4)N=CCN5Cl)Cc4ccccc4)CC3)cnc2c1. The molecule has 1 fully saturated rings. The first kappa shape index (κ1) is 37.0. The highest BCUT2D eigenvalue weighted by atomic mass is 35.5. The zero-order valence-corrected chi connectivity index (χ0v) is 30.2. The first-order valence-corrected chi connectivity index (χ1v) is 18.3. The highest BCUT2D eigenvalue weighted by molar-refractivity contribution is 6.28. The summed E-state index contributed by atoms with van der Waals surface area (Å²) in [6, 6.07) is 20.0. The lowest BCUT2D eigenvalue weighted by Gasteiger charge is -2.39. The van der Waals surface area contributed by atoms with E-state index in [1.807, 2.05) is 30.3 Å². The fourth-order valence-corrected chi connectivity index (χ4v) is 7.06. The van der Waals surface area contributed by atoms with Crippen LogP contribution in [0.25, 0.3) is 10.9 Å². The van der Waals surface area contributed by atoms with E-state index in [2.05, 4.69) is 20.6 Å². The molecule has 14 heteroatoms. The van der Waals surface area contributed by atoms with Crippen molar-refractivity contribution >= 4 is 75.3 Å². The Kier molecular flexibility index (Phi) is 11.9. The van der Waals surface area contributed by atoms with E-state index in [0.717, 1.165) is 11.3 Å². The number of piperidine rings is 1. The number of fused-ring (bicyclic) bond motifs is 2. The molecule has 3 aromatic carbocycles. The minimum Gasteiger partial charge on any atom is -0.388 e. The second kappa shape index (κ2) is 16.7. The van der Waals surface area contributed by atoms with E-state index >= 15 is 0 Å². The molecule has 0 spiro atoms. The van der Waals surface area contributed by atoms with Crippen molar-refractivity contribution in [3.63, 3.8) is 0 Å². The van der Waals surface area contributed by atoms with E-state index in [0.29, 0.717) is 86.1 Å². The summed E-state index contributed by atoms with van der Waals surface area (Å²) in [5.74, 6) is -0.546. The van der Waals surface area contributed by atoms with E-state index in [1.54, 1.807) is 51.9 Å². The predicted molar refractivity (Wildman–Crippen MR) is 204 cm³/mol. The van der Waals surface area contributed by atoms with Crippen molar-refractivity contribution in [2.45, 2.75) is 50.7 Å². The number of anilines is 2. The molecule has 0 bridgehead atoms. The minimum absolute atomic E-state index is 0.00823. The van der Waals surface area contributed by atoms with Gasteiger partial charge in [0.05, 0.1) is 47.3 Å². The molecule has 4 aromatic rings. The summed E-state index contributed by atoms with van der Waals surface area (Å²) in [5, 5.41) is 17.6. The van der Waals surface area contributed by atoms with E-state index in [1.165, 1.54) is 10.9 Å². The van der Waals surface area contributed by atoms with Gasteiger partial charge in [-0.2, -0.15) is 0 Å². The van der Waals surface area contributed by atoms with Crippen LogP contribution in [0, 0.1) is 5.92 Å². The second-order valence-corrected chi connectivity index (χ2v) is 14.1. The molecule has 0 aliphatic carbocycles. The number of rotatable bonds is 13. The van der Waals surface area contributed by atoms with E-state index < -0.39 is 5.60 Å². The Morgan fingerprint density at radius 3 is 2.58 bits per heavy atom. The molecule has 272 valence electrons. The lowest BCUT2D eigenvalue weighted by molar-refractivity contribution is -0.140. The number of halogens is 2. The average Bonchev–Trinajstić information content (AvgIpc) is 3.14. The molecule has 1 atom stereocenters. The maximum Gasteiger partial charge on any atom is 0.261 e. The lowest BCUT2D eigenvalue weighted by Crippen LogP contribution is -2.51. The van der Waals surface area contributed by atoms with Gasteiger partial charge in [0.2, 0.25) is 11.8 Å². The van der Waals surface area contributed by atoms with Crippen molar-refractivity contribution in [2.75, 3.05) is 41.8 Å². The van der Waals surface area contributed by atoms with Crippen molar-refractivity contribution < 1.29 is 19.5 Å². The molecule has 12 nitrogen and oxygen atoms in total. The van der Waals surface area contributed by atoms with Gasteiger partial charge < -0.3 is 20.6 Å². The Morgan fingerprint density at radius 2 is 1.81 bits per heavy atom. The van der Waals surface area contributed by atoms with Crippen LogP contribution in [0.15, 0.2) is 82.8 Å². The third-order valence-electron chi connectivity index (χ3n) is 9.56. The molecular formula is C38H41Cl2N7O5. The number of aromatic nitrogens is 2. The van der Waals surface area contributed by atoms with Crippen molar-refractivity contribution in [2.24, 2.45) is 10.9 Å². The Bertz CT molecular complexity index is 2010. The maximum atomic E-state index is 13.9. The molecule has 1 aromatic heterocycles. The summed E-state index contributed by atoms with van der Waals surface area (Å²) >= 11 is 11.9. The standard InChI is InChI=1S/C38H41Cl2N7O5/c39-15-12-34(48)44-29-9-10-30-31(23-29)43-25-46(37(30)51)24-38(52)13-18-45(19-14-38)36(50)28(21-26-5-2-1-3-6-26)7-4-16-42-35(49)27-8-11-33-32(22-27)41-17-20-47(33)40/h1-3,5-6,8-11,17,22-23,25,28,52H,4,7,12-16,18-21,24H2,(H,42,49)(H,44,48). The van der Waals surface area contributed by atoms with Crippen LogP contribution in [0.3, 0.4) is 0 Å². The summed E-state index contributed by atoms with van der Waals surface area (Å²) in [5.41, 5.74) is 2.37. The van der Waals surface area contributed by atoms with Gasteiger partial charge in [-0.25, -0.2) is 4.98 Å². The predicted octanol–water partition coefficient (Wildman–Crippen LogP) is 5.06. The number of likely N-dealkylation sites (tertiary alicyclic amines) is 1. The summed E-state index contributed by atoms with van der Waals surface area (Å²) in [6.45, 7) is 1.63. The van der Waals surface area contributed by atoms with E-state index in [4.69, 9.17) is 23.4 Å². The van der Waals surface area contributed by atoms with Crippen molar-refractivity contribution in [3.8, 4) is 0 Å². The third kappa shape index (κ3) is 8.98. The van der Waals surface area contributed by atoms with Crippen LogP contribution in [0.1, 0.15) is 48.0 Å². The van der Waals surface area contributed by atoms with Gasteiger partial charge in [-0.3, -0.25) is 33.2 Å². The zero-order chi connectivity index (χ0) is 36.7. The van der Waals surface area contributed by atoms with Gasteiger partial charge >= 0.3 is 0 Å². The fraction of sp³-hybridized carbons (Fsp3) is 0.368. The smallest absolute Gasteiger partial charge is 0.261 e. The molecule has 6 rings (SSSR count). The minimum atomic E-state index is -1.20. The number of nitrogens with zero attached hydrogens (tertiary/aromatic N) is 5. The number of benzene rings is 3. The zero-order valence-electron chi connectivity index (χ0n) is 28.6. The molecule has 2 aliphatic rings. The number of alkyl halides is 1. The molecular weight excluding hydrogens is 705 g/mol. The highest BCUT2D eigenvalue weighted by Crippen LogP contribution is 2.33. The molecule has 3 heterocycles. The molecule has 1 saturated heterocycles. The monoisotopic (exact) mass is 745 g/mol. The average molecular weight is 747 g/mol. The summed E-state index contributed by atoms with van der Waals surface area (Å²) in [6.07, 6.45) is 5.61. The molecule has 52 heavy (non-hydrogen) atoms. The third-order valence-corrected chi connectivity index (χ3v) is 10.1. The van der Waals surface area contributed by atoms with Crippen LogP contribution in [0.5, 0.6) is 0 Å². The second-order valence-electron chi connectivity index (χ2n) is 13.3. The van der Waals surface area contributed by atoms with Crippen LogP contribution in [0.2, 0.25) is 0 Å². The van der Waals surface area contributed by atoms with Gasteiger partial charge in [0.15, 0.2) is 0 Å². The van der Waals surface area contributed by atoms with Crippen LogP contribution < -0.4 is 20.6 Å². The number of aliphatic hydroxyl groups is 1.